The molecular formula is C14H31N9Si4. The number of nitrogens with zero attached hydrogens (tertiary/aromatic N) is 6. The third-order valence-corrected chi connectivity index (χ3v) is 29.3. The Morgan fingerprint density at radius 1 is 0.630 bits per heavy atom. The molecule has 0 aromatic carbocycles. The molecule has 0 aliphatic heterocycles. The maximum absolute atomic E-state index is 5.67. The third-order valence-electron chi connectivity index (χ3n) is 4.94. The first kappa shape index (κ1) is 21.6. The number of nitrogens with one attached hydrogen (secondary N) is 1. The lowest BCUT2D eigenvalue weighted by atomic mass is 10.8. The zero-order chi connectivity index (χ0) is 20.6. The lowest BCUT2D eigenvalue weighted by Gasteiger charge is -2.26. The molecule has 2 aromatic rings. The van der Waals surface area contributed by atoms with Crippen molar-refractivity contribution in [2.45, 2.75) is 52.4 Å². The van der Waals surface area contributed by atoms with Gasteiger partial charge in [-0.05, 0) is 0 Å². The zero-order valence-electron chi connectivity index (χ0n) is 17.5. The molecule has 0 saturated heterocycles. The fraction of sp³-hybridized carbons (Fsp3) is 0.571. The van der Waals surface area contributed by atoms with Crippen molar-refractivity contribution < 1.29 is 0 Å². The predicted molar refractivity (Wildman–Crippen MR) is 124 cm³/mol. The lowest BCUT2D eigenvalue weighted by Crippen LogP contribution is -2.58. The van der Waals surface area contributed by atoms with Crippen LogP contribution in [0.2, 0.25) is 52.4 Å². The smallest absolute Gasteiger partial charge is 0.236 e. The molecule has 27 heavy (non-hydrogen) atoms. The summed E-state index contributed by atoms with van der Waals surface area (Å²) in [4.78, 5) is 26.4. The van der Waals surface area contributed by atoms with Crippen LogP contribution in [-0.4, -0.2) is 61.7 Å². The highest BCUT2D eigenvalue weighted by Gasteiger charge is 2.32. The van der Waals surface area contributed by atoms with Crippen LogP contribution < -0.4 is 27.7 Å². The van der Waals surface area contributed by atoms with Crippen LogP contribution in [-0.2, 0) is 0 Å². The molecule has 9 nitrogen and oxygen atoms in total. The monoisotopic (exact) mass is 437 g/mol. The number of nitrogens with two attached hydrogens (primary N) is 2. The molecule has 2 atom stereocenters. The topological polar surface area (TPSA) is 141 Å². The van der Waals surface area contributed by atoms with Gasteiger partial charge in [-0.3, -0.25) is 5.32 Å². The highest BCUT2D eigenvalue weighted by Crippen LogP contribution is 2.11. The Kier molecular flexibility index (Phi) is 6.18. The van der Waals surface area contributed by atoms with Gasteiger partial charge >= 0.3 is 0 Å². The molecular weight excluding hydrogens is 407 g/mol. The second kappa shape index (κ2) is 7.73. The molecule has 0 aliphatic carbocycles. The summed E-state index contributed by atoms with van der Waals surface area (Å²) in [7, 11) is -5.18. The first-order valence-electron chi connectivity index (χ1n) is 9.07. The van der Waals surface area contributed by atoms with Crippen molar-refractivity contribution in [1.82, 2.24) is 29.9 Å². The largest absolute Gasteiger partial charge is 0.368 e. The zero-order valence-corrected chi connectivity index (χ0v) is 21.8. The summed E-state index contributed by atoms with van der Waals surface area (Å²) in [5, 5.41) is 3.07. The van der Waals surface area contributed by atoms with Crippen molar-refractivity contribution in [3.8, 4) is 0 Å². The highest BCUT2D eigenvalue weighted by atomic mass is 29.2. The summed E-state index contributed by atoms with van der Waals surface area (Å²) in [5.41, 5.74) is 13.3. The summed E-state index contributed by atoms with van der Waals surface area (Å²) in [5.74, 6) is 0.867. The Labute approximate surface area is 165 Å². The normalized spacial score (nSPS) is 14.7. The molecule has 0 spiro atoms. The fourth-order valence-corrected chi connectivity index (χ4v) is 10.6. The van der Waals surface area contributed by atoms with Gasteiger partial charge in [0.05, 0.1) is 0 Å². The van der Waals surface area contributed by atoms with Crippen molar-refractivity contribution >= 4 is 66.5 Å². The SMILES string of the molecule is C[SiH](c1nc(Nc2nc(N)nc(N)n2)nc([SiH](C)[Si](C)(C)C)n1)[Si](C)(C)C. The summed E-state index contributed by atoms with van der Waals surface area (Å²) in [6.07, 6.45) is 0. The molecule has 2 rings (SSSR count). The Balaban J connectivity index is 2.52. The van der Waals surface area contributed by atoms with Crippen LogP contribution in [0, 0.1) is 0 Å². The van der Waals surface area contributed by atoms with E-state index in [0.29, 0.717) is 5.95 Å². The van der Waals surface area contributed by atoms with Crippen molar-refractivity contribution in [2.75, 3.05) is 16.8 Å². The number of hydrogen-bond acceptors (Lipinski definition) is 9. The number of anilines is 4. The van der Waals surface area contributed by atoms with Gasteiger partial charge in [-0.2, -0.15) is 15.0 Å². The van der Waals surface area contributed by atoms with Crippen molar-refractivity contribution in [3.63, 3.8) is 0 Å². The van der Waals surface area contributed by atoms with Crippen LogP contribution >= 0.6 is 0 Å². The summed E-state index contributed by atoms with van der Waals surface area (Å²) >= 11 is 0. The van der Waals surface area contributed by atoms with Crippen molar-refractivity contribution in [2.24, 2.45) is 0 Å². The van der Waals surface area contributed by atoms with Crippen LogP contribution in [0.15, 0.2) is 0 Å². The predicted octanol–water partition coefficient (Wildman–Crippen LogP) is -0.0744. The van der Waals surface area contributed by atoms with Gasteiger partial charge in [0, 0.05) is 15.2 Å². The first-order chi connectivity index (χ1) is 12.3. The standard InChI is InChI=1S/C14H31N9Si4/c1-24(26(3,4)5)13-21-12(20-11-18-9(15)17-10(16)19-11)22-14(23-13)25(2)27(6,7)8/h24-25H,1-8H3,(H5,15,16,17,18,19,20,21,22,23). The van der Waals surface area contributed by atoms with Gasteiger partial charge in [-0.15, -0.1) is 0 Å². The minimum Gasteiger partial charge on any atom is -0.368 e. The Bertz CT molecular complexity index is 761. The van der Waals surface area contributed by atoms with E-state index >= 15 is 0 Å². The van der Waals surface area contributed by atoms with Gasteiger partial charge in [-0.25, -0.2) is 15.0 Å². The van der Waals surface area contributed by atoms with Crippen LogP contribution in [0.25, 0.3) is 0 Å². The van der Waals surface area contributed by atoms with Gasteiger partial charge in [0.15, 0.2) is 0 Å². The molecule has 0 radical (unpaired) electrons. The van der Waals surface area contributed by atoms with E-state index in [1.807, 2.05) is 0 Å². The summed E-state index contributed by atoms with van der Waals surface area (Å²) in [6.45, 7) is 19.0. The van der Waals surface area contributed by atoms with E-state index in [-0.39, 0.29) is 17.8 Å². The van der Waals surface area contributed by atoms with E-state index in [2.05, 4.69) is 72.6 Å². The highest BCUT2D eigenvalue weighted by molar-refractivity contribution is 7.36. The molecule has 2 unspecified atom stereocenters. The van der Waals surface area contributed by atoms with E-state index in [0.717, 1.165) is 10.9 Å². The Hall–Kier alpha value is -1.71. The van der Waals surface area contributed by atoms with Gasteiger partial charge < -0.3 is 11.5 Å². The number of aromatic nitrogens is 6. The average Bonchev–Trinajstić information content (AvgIpc) is 2.50. The second-order valence-electron chi connectivity index (χ2n) is 9.05. The number of hydrogen-bond donors (Lipinski definition) is 3. The minimum absolute atomic E-state index is 0.0641. The van der Waals surface area contributed by atoms with Crippen molar-refractivity contribution in [3.05, 3.63) is 0 Å². The molecule has 2 heterocycles. The van der Waals surface area contributed by atoms with Gasteiger partial charge in [0.25, 0.3) is 0 Å². The van der Waals surface area contributed by atoms with Crippen LogP contribution in [0.4, 0.5) is 23.8 Å². The molecule has 0 fully saturated rings. The van der Waals surface area contributed by atoms with Crippen LogP contribution in [0.5, 0.6) is 0 Å². The molecule has 2 aromatic heterocycles. The quantitative estimate of drug-likeness (QED) is 0.529. The van der Waals surface area contributed by atoms with E-state index < -0.39 is 31.8 Å². The second-order valence-corrected chi connectivity index (χ2v) is 38.0. The molecule has 0 aliphatic rings. The maximum atomic E-state index is 5.67. The van der Waals surface area contributed by atoms with E-state index in [4.69, 9.17) is 26.4 Å². The first-order valence-corrected chi connectivity index (χ1v) is 23.2. The molecule has 0 bridgehead atoms. The molecule has 13 heteroatoms. The van der Waals surface area contributed by atoms with Gasteiger partial charge in [0.2, 0.25) is 23.8 Å². The Morgan fingerprint density at radius 2 is 1.00 bits per heavy atom. The van der Waals surface area contributed by atoms with E-state index in [9.17, 15) is 0 Å². The van der Waals surface area contributed by atoms with E-state index in [1.165, 1.54) is 0 Å². The average molecular weight is 438 g/mol. The molecule has 0 amide bonds. The third kappa shape index (κ3) is 5.63. The summed E-state index contributed by atoms with van der Waals surface area (Å²) in [6, 6.07) is 0. The van der Waals surface area contributed by atoms with Gasteiger partial charge in [0.1, 0.15) is 27.5 Å². The molecule has 0 saturated carbocycles. The molecule has 148 valence electrons. The maximum Gasteiger partial charge on any atom is 0.236 e. The Morgan fingerprint density at radius 3 is 1.37 bits per heavy atom. The van der Waals surface area contributed by atoms with Crippen LogP contribution in [0.1, 0.15) is 0 Å². The van der Waals surface area contributed by atoms with Crippen LogP contribution in [0.3, 0.4) is 0 Å². The van der Waals surface area contributed by atoms with Gasteiger partial charge in [-0.1, -0.05) is 52.4 Å². The molecule has 5 N–H and O–H groups in total. The van der Waals surface area contributed by atoms with E-state index in [1.54, 1.807) is 0 Å². The lowest BCUT2D eigenvalue weighted by molar-refractivity contribution is 1.05. The number of nitrogen functional groups attached to an aromatic ring is 2. The van der Waals surface area contributed by atoms with Crippen molar-refractivity contribution in [1.29, 1.82) is 0 Å². The number of rotatable bonds is 6. The minimum atomic E-state index is -1.33. The fourth-order valence-electron chi connectivity index (χ4n) is 2.19. The summed E-state index contributed by atoms with van der Waals surface area (Å²) < 4.78 is 0.